The second kappa shape index (κ2) is 7.36. The van der Waals surface area contributed by atoms with Crippen molar-refractivity contribution in [1.82, 2.24) is 0 Å². The summed E-state index contributed by atoms with van der Waals surface area (Å²) in [5, 5.41) is 0. The number of aryl methyl sites for hydroxylation is 1. The first-order chi connectivity index (χ1) is 12.2. The van der Waals surface area contributed by atoms with Crippen LogP contribution < -0.4 is 0 Å². The fraction of sp³-hybridized carbons (Fsp3) is 0.417. The Kier molecular flexibility index (Phi) is 5.14. The fourth-order valence-electron chi connectivity index (χ4n) is 4.92. The molecule has 0 radical (unpaired) electrons. The van der Waals surface area contributed by atoms with Crippen molar-refractivity contribution in [3.05, 3.63) is 64.7 Å². The van der Waals surface area contributed by atoms with Crippen LogP contribution in [0.15, 0.2) is 48.0 Å². The van der Waals surface area contributed by atoms with E-state index in [0.29, 0.717) is 3.63 Å². The third-order valence-electron chi connectivity index (χ3n) is 6.13. The van der Waals surface area contributed by atoms with Crippen molar-refractivity contribution in [3.8, 4) is 11.1 Å². The van der Waals surface area contributed by atoms with Gasteiger partial charge in [-0.1, -0.05) is 0 Å². The zero-order chi connectivity index (χ0) is 17.4. The quantitative estimate of drug-likeness (QED) is 0.519. The van der Waals surface area contributed by atoms with Crippen LogP contribution in [0.3, 0.4) is 0 Å². The molecule has 2 aromatic carbocycles. The number of hydrogen-bond acceptors (Lipinski definition) is 0. The molecule has 127 valence electrons. The molecule has 2 aromatic rings. The van der Waals surface area contributed by atoms with Crippen molar-refractivity contribution in [2.75, 3.05) is 0 Å². The van der Waals surface area contributed by atoms with E-state index in [0.717, 1.165) is 5.92 Å². The first kappa shape index (κ1) is 17.5. The summed E-state index contributed by atoms with van der Waals surface area (Å²) >= 11 is 1.66. The molecule has 2 aliphatic carbocycles. The van der Waals surface area contributed by atoms with Gasteiger partial charge in [-0.15, -0.1) is 0 Å². The molecule has 1 heteroatoms. The van der Waals surface area contributed by atoms with Gasteiger partial charge in [-0.2, -0.15) is 0 Å². The number of rotatable bonds is 4. The van der Waals surface area contributed by atoms with Crippen molar-refractivity contribution >= 4 is 5.57 Å². The topological polar surface area (TPSA) is 0 Å². The molecule has 0 aromatic heterocycles. The van der Waals surface area contributed by atoms with Crippen LogP contribution in [-0.4, -0.2) is 0 Å². The summed E-state index contributed by atoms with van der Waals surface area (Å²) in [7, 11) is 0. The van der Waals surface area contributed by atoms with Crippen LogP contribution in [0.2, 0.25) is 0 Å². The first-order valence-electron chi connectivity index (χ1n) is 9.85. The SMILES string of the molecule is CCCc1ccc(-c2cccc3c2C(C)=C(C2CCCC2)[CH]3[Zr])cc1. The molecule has 0 spiro atoms. The van der Waals surface area contributed by atoms with Crippen molar-refractivity contribution in [1.29, 1.82) is 0 Å². The molecule has 25 heavy (non-hydrogen) atoms. The normalized spacial score (nSPS) is 20.3. The molecule has 0 amide bonds. The standard InChI is InChI=1S/C24H27.Zr/c1-3-7-18-12-14-20(15-13-18)22-11-6-10-21-16-23(17(2)24(21)22)19-8-4-5-9-19;/h6,10-16,19H,3-5,7-9H2,1-2H3;. The van der Waals surface area contributed by atoms with E-state index >= 15 is 0 Å². The van der Waals surface area contributed by atoms with Gasteiger partial charge in [0.2, 0.25) is 0 Å². The van der Waals surface area contributed by atoms with E-state index in [1.807, 2.05) is 0 Å². The fourth-order valence-corrected chi connectivity index (χ4v) is 6.62. The summed E-state index contributed by atoms with van der Waals surface area (Å²) < 4.78 is 0.685. The van der Waals surface area contributed by atoms with Crippen molar-refractivity contribution in [3.63, 3.8) is 0 Å². The molecule has 2 aliphatic rings. The van der Waals surface area contributed by atoms with Crippen LogP contribution in [0.4, 0.5) is 0 Å². The number of allylic oxidation sites excluding steroid dienone is 2. The maximum atomic E-state index is 2.39. The molecule has 0 bridgehead atoms. The average Bonchev–Trinajstić information content (AvgIpc) is 3.23. The van der Waals surface area contributed by atoms with Gasteiger partial charge in [-0.05, 0) is 0 Å². The van der Waals surface area contributed by atoms with Crippen LogP contribution >= 0.6 is 0 Å². The van der Waals surface area contributed by atoms with Gasteiger partial charge in [0.05, 0.1) is 0 Å². The van der Waals surface area contributed by atoms with Gasteiger partial charge in [0, 0.05) is 0 Å². The van der Waals surface area contributed by atoms with Crippen LogP contribution in [0.5, 0.6) is 0 Å². The van der Waals surface area contributed by atoms with Crippen molar-refractivity contribution < 1.29 is 24.7 Å². The van der Waals surface area contributed by atoms with E-state index in [2.05, 4.69) is 56.3 Å². The van der Waals surface area contributed by atoms with Gasteiger partial charge >= 0.3 is 168 Å². The Bertz CT molecular complexity index is 791. The summed E-state index contributed by atoms with van der Waals surface area (Å²) in [5.74, 6) is 0.844. The first-order valence-corrected chi connectivity index (χ1v) is 11.3. The Morgan fingerprint density at radius 3 is 2.40 bits per heavy atom. The summed E-state index contributed by atoms with van der Waals surface area (Å²) in [6.45, 7) is 4.64. The molecule has 0 N–H and O–H groups in total. The van der Waals surface area contributed by atoms with E-state index in [1.165, 1.54) is 55.2 Å². The van der Waals surface area contributed by atoms with Gasteiger partial charge in [-0.3, -0.25) is 0 Å². The Labute approximate surface area is 167 Å². The Morgan fingerprint density at radius 2 is 1.72 bits per heavy atom. The minimum absolute atomic E-state index is 0.685. The molecule has 0 heterocycles. The predicted octanol–water partition coefficient (Wildman–Crippen LogP) is 6.87. The summed E-state index contributed by atoms with van der Waals surface area (Å²) in [4.78, 5) is 0. The zero-order valence-electron chi connectivity index (χ0n) is 15.4. The molecule has 1 unspecified atom stereocenters. The summed E-state index contributed by atoms with van der Waals surface area (Å²) in [6.07, 6.45) is 8.06. The molecule has 4 rings (SSSR count). The van der Waals surface area contributed by atoms with Gasteiger partial charge < -0.3 is 0 Å². The van der Waals surface area contributed by atoms with Gasteiger partial charge in [0.1, 0.15) is 0 Å². The molecule has 0 saturated heterocycles. The van der Waals surface area contributed by atoms with Crippen LogP contribution in [0.25, 0.3) is 16.7 Å². The summed E-state index contributed by atoms with van der Waals surface area (Å²) in [5.41, 5.74) is 10.8. The van der Waals surface area contributed by atoms with Gasteiger partial charge in [-0.25, -0.2) is 0 Å². The van der Waals surface area contributed by atoms with E-state index in [9.17, 15) is 0 Å². The van der Waals surface area contributed by atoms with Gasteiger partial charge in [0.15, 0.2) is 0 Å². The molecular formula is C24H27Zr. The van der Waals surface area contributed by atoms with E-state index < -0.39 is 0 Å². The van der Waals surface area contributed by atoms with Crippen LogP contribution in [-0.2, 0) is 31.1 Å². The minimum atomic E-state index is 0.685. The molecular weight excluding hydrogens is 379 g/mol. The molecule has 0 nitrogen and oxygen atoms in total. The van der Waals surface area contributed by atoms with Crippen molar-refractivity contribution in [2.45, 2.75) is 56.0 Å². The molecule has 1 atom stereocenters. The third kappa shape index (κ3) is 3.14. The van der Waals surface area contributed by atoms with E-state index in [-0.39, 0.29) is 0 Å². The second-order valence-electron chi connectivity index (χ2n) is 7.71. The maximum absolute atomic E-state index is 2.39. The Morgan fingerprint density at radius 1 is 1.00 bits per heavy atom. The molecule has 1 saturated carbocycles. The Hall–Kier alpha value is -0.937. The van der Waals surface area contributed by atoms with Crippen molar-refractivity contribution in [2.24, 2.45) is 5.92 Å². The Balaban J connectivity index is 1.77. The van der Waals surface area contributed by atoms with E-state index in [4.69, 9.17) is 0 Å². The number of benzene rings is 2. The zero-order valence-corrected chi connectivity index (χ0v) is 17.9. The van der Waals surface area contributed by atoms with Gasteiger partial charge in [0.25, 0.3) is 0 Å². The summed E-state index contributed by atoms with van der Waals surface area (Å²) in [6, 6.07) is 16.3. The molecule has 1 fully saturated rings. The molecule has 0 aliphatic heterocycles. The third-order valence-corrected chi connectivity index (χ3v) is 7.65. The van der Waals surface area contributed by atoms with E-state index in [1.54, 1.807) is 47.0 Å². The second-order valence-corrected chi connectivity index (χ2v) is 9.13. The number of fused-ring (bicyclic) bond motifs is 1. The number of hydrogen-bond donors (Lipinski definition) is 0. The average molecular weight is 407 g/mol. The monoisotopic (exact) mass is 405 g/mol. The van der Waals surface area contributed by atoms with Crippen LogP contribution in [0.1, 0.15) is 66.3 Å². The predicted molar refractivity (Wildman–Crippen MR) is 103 cm³/mol. The van der Waals surface area contributed by atoms with Crippen LogP contribution in [0, 0.1) is 5.92 Å².